The van der Waals surface area contributed by atoms with Crippen LogP contribution in [0.3, 0.4) is 0 Å². The Morgan fingerprint density at radius 1 is 0.273 bits per heavy atom. The van der Waals surface area contributed by atoms with Gasteiger partial charge in [0, 0.05) is 19.3 Å². The molecule has 6 heteroatoms. The number of rotatable bonds is 60. The molecule has 0 bridgehead atoms. The Bertz CT molecular complexity index is 1470. The van der Waals surface area contributed by atoms with Gasteiger partial charge < -0.3 is 14.2 Å². The van der Waals surface area contributed by atoms with Crippen LogP contribution in [0.2, 0.25) is 0 Å². The number of ether oxygens (including phenoxy) is 3. The smallest absolute Gasteiger partial charge is 0.306 e. The zero-order valence-electron chi connectivity index (χ0n) is 51.0. The van der Waals surface area contributed by atoms with Gasteiger partial charge in [-0.3, -0.25) is 14.4 Å². The van der Waals surface area contributed by atoms with E-state index in [-0.39, 0.29) is 31.1 Å². The first-order valence-corrected chi connectivity index (χ1v) is 33.1. The minimum atomic E-state index is -0.785. The summed E-state index contributed by atoms with van der Waals surface area (Å²) in [6, 6.07) is 0. The number of carbonyl (C=O) groups is 3. The maximum atomic E-state index is 12.9. The molecule has 0 fully saturated rings. The highest BCUT2D eigenvalue weighted by atomic mass is 16.6. The van der Waals surface area contributed by atoms with Gasteiger partial charge in [-0.15, -0.1) is 0 Å². The van der Waals surface area contributed by atoms with Gasteiger partial charge in [0.05, 0.1) is 0 Å². The molecule has 0 aromatic carbocycles. The second-order valence-electron chi connectivity index (χ2n) is 22.0. The Morgan fingerprint density at radius 2 is 0.532 bits per heavy atom. The highest BCUT2D eigenvalue weighted by molar-refractivity contribution is 5.71. The first-order valence-electron chi connectivity index (χ1n) is 33.1. The van der Waals surface area contributed by atoms with Crippen molar-refractivity contribution in [2.45, 2.75) is 335 Å². The molecule has 0 aromatic rings. The summed E-state index contributed by atoms with van der Waals surface area (Å²) in [6.45, 7) is 6.48. The lowest BCUT2D eigenvalue weighted by Gasteiger charge is -2.18. The summed E-state index contributed by atoms with van der Waals surface area (Å²) in [6.07, 6.45) is 86.1. The molecule has 0 amide bonds. The third kappa shape index (κ3) is 63.3. The molecule has 6 nitrogen and oxygen atoms in total. The first kappa shape index (κ1) is 73.6. The van der Waals surface area contributed by atoms with Gasteiger partial charge in [-0.05, 0) is 89.9 Å². The van der Waals surface area contributed by atoms with Crippen LogP contribution < -0.4 is 0 Å². The van der Waals surface area contributed by atoms with Crippen molar-refractivity contribution in [1.29, 1.82) is 0 Å². The molecule has 444 valence electrons. The Hall–Kier alpha value is -3.41. The van der Waals surface area contributed by atoms with Crippen molar-refractivity contribution >= 4 is 17.9 Å². The second kappa shape index (κ2) is 65.1. The van der Waals surface area contributed by atoms with Crippen LogP contribution in [0.4, 0.5) is 0 Å². The summed E-state index contributed by atoms with van der Waals surface area (Å²) in [5, 5.41) is 0. The average Bonchev–Trinajstić information content (AvgIpc) is 3.43. The second-order valence-corrected chi connectivity index (χ2v) is 22.0. The normalized spacial score (nSPS) is 12.6. The third-order valence-corrected chi connectivity index (χ3v) is 14.4. The molecule has 1 unspecified atom stereocenters. The van der Waals surface area contributed by atoms with E-state index in [0.717, 1.165) is 122 Å². The van der Waals surface area contributed by atoms with Crippen LogP contribution in [0.25, 0.3) is 0 Å². The van der Waals surface area contributed by atoms with Crippen LogP contribution in [-0.2, 0) is 28.6 Å². The third-order valence-electron chi connectivity index (χ3n) is 14.4. The lowest BCUT2D eigenvalue weighted by atomic mass is 10.0. The van der Waals surface area contributed by atoms with Crippen molar-refractivity contribution in [3.63, 3.8) is 0 Å². The average molecular weight is 1070 g/mol. The molecular formula is C71H124O6. The molecule has 0 spiro atoms. The van der Waals surface area contributed by atoms with E-state index in [1.807, 2.05) is 0 Å². The number of hydrogen-bond donors (Lipinski definition) is 0. The lowest BCUT2D eigenvalue weighted by Crippen LogP contribution is -2.30. The van der Waals surface area contributed by atoms with E-state index < -0.39 is 6.10 Å². The van der Waals surface area contributed by atoms with E-state index in [0.29, 0.717) is 19.3 Å². The lowest BCUT2D eigenvalue weighted by molar-refractivity contribution is -0.167. The number of unbranched alkanes of at least 4 members (excludes halogenated alkanes) is 35. The summed E-state index contributed by atoms with van der Waals surface area (Å²) in [5.41, 5.74) is 0. The van der Waals surface area contributed by atoms with Crippen LogP contribution in [0.15, 0.2) is 85.1 Å². The van der Waals surface area contributed by atoms with Crippen molar-refractivity contribution in [3.05, 3.63) is 85.1 Å². The van der Waals surface area contributed by atoms with Crippen LogP contribution in [0, 0.1) is 0 Å². The van der Waals surface area contributed by atoms with Gasteiger partial charge in [0.2, 0.25) is 0 Å². The fourth-order valence-corrected chi connectivity index (χ4v) is 9.45. The standard InChI is InChI=1S/C71H124O6/c1-4-7-10-13-16-19-22-24-26-28-30-32-34-36-38-39-41-43-45-47-49-52-55-58-61-64-70(73)76-67-68(66-75-69(72)63-60-57-54-51-21-18-15-12-9-6-3)77-71(74)65-62-59-56-53-50-48-46-44-42-40-37-35-33-31-29-27-25-23-20-17-14-11-8-5-2/h7,10,12,15-16,19,24,26,30,32,36,38,41,43,68H,4-6,8-9,11,13-14,17-18,20-23,25,27-29,31,33-35,37,39-40,42,44-67H2,1-3H3/b10-7-,15-12-,19-16-,26-24-,32-30-,38-36-,43-41-. The number of carbonyl (C=O) groups excluding carboxylic acids is 3. The van der Waals surface area contributed by atoms with Gasteiger partial charge in [-0.25, -0.2) is 0 Å². The topological polar surface area (TPSA) is 78.9 Å². The van der Waals surface area contributed by atoms with Crippen LogP contribution in [-0.4, -0.2) is 37.2 Å². The molecule has 0 aliphatic heterocycles. The zero-order chi connectivity index (χ0) is 55.7. The first-order chi connectivity index (χ1) is 38.0. The quantitative estimate of drug-likeness (QED) is 0.0261. The van der Waals surface area contributed by atoms with E-state index >= 15 is 0 Å². The molecule has 0 aromatic heterocycles. The van der Waals surface area contributed by atoms with Crippen molar-refractivity contribution in [3.8, 4) is 0 Å². The van der Waals surface area contributed by atoms with E-state index in [1.165, 1.54) is 167 Å². The summed E-state index contributed by atoms with van der Waals surface area (Å²) in [5.74, 6) is -0.894. The molecule has 0 aliphatic carbocycles. The van der Waals surface area contributed by atoms with Crippen molar-refractivity contribution in [2.24, 2.45) is 0 Å². The SMILES string of the molecule is CC/C=C\C/C=C\C/C=C\C/C=C\C/C=C\C/C=C\CCCCCCCCC(=O)OCC(COC(=O)CCCCCCC/C=C\CCC)OC(=O)CCCCCCCCCCCCCCCCCCCCCCCCCC. The van der Waals surface area contributed by atoms with Gasteiger partial charge in [0.1, 0.15) is 13.2 Å². The van der Waals surface area contributed by atoms with Gasteiger partial charge in [-0.1, -0.05) is 305 Å². The Labute approximate surface area is 477 Å². The molecule has 0 saturated carbocycles. The Morgan fingerprint density at radius 3 is 0.857 bits per heavy atom. The Balaban J connectivity index is 4.25. The van der Waals surface area contributed by atoms with E-state index in [4.69, 9.17) is 14.2 Å². The highest BCUT2D eigenvalue weighted by Gasteiger charge is 2.19. The summed E-state index contributed by atoms with van der Waals surface area (Å²) < 4.78 is 16.9. The molecule has 77 heavy (non-hydrogen) atoms. The fraction of sp³-hybridized carbons (Fsp3) is 0.761. The maximum Gasteiger partial charge on any atom is 0.306 e. The van der Waals surface area contributed by atoms with Gasteiger partial charge in [-0.2, -0.15) is 0 Å². The van der Waals surface area contributed by atoms with E-state index in [1.54, 1.807) is 0 Å². The van der Waals surface area contributed by atoms with Crippen LogP contribution in [0.5, 0.6) is 0 Å². The fourth-order valence-electron chi connectivity index (χ4n) is 9.45. The minimum Gasteiger partial charge on any atom is -0.462 e. The number of esters is 3. The monoisotopic (exact) mass is 1070 g/mol. The van der Waals surface area contributed by atoms with Gasteiger partial charge in [0.25, 0.3) is 0 Å². The van der Waals surface area contributed by atoms with Crippen LogP contribution in [0.1, 0.15) is 329 Å². The van der Waals surface area contributed by atoms with Crippen molar-refractivity contribution in [2.75, 3.05) is 13.2 Å². The molecule has 0 aliphatic rings. The maximum absolute atomic E-state index is 12.9. The number of allylic oxidation sites excluding steroid dienone is 14. The van der Waals surface area contributed by atoms with Gasteiger partial charge in [0.15, 0.2) is 6.10 Å². The summed E-state index contributed by atoms with van der Waals surface area (Å²) in [4.78, 5) is 38.3. The number of hydrogen-bond acceptors (Lipinski definition) is 6. The molecule has 0 heterocycles. The zero-order valence-corrected chi connectivity index (χ0v) is 51.0. The molecule has 0 rings (SSSR count). The predicted molar refractivity (Wildman–Crippen MR) is 334 cm³/mol. The molecular weight excluding hydrogens is 949 g/mol. The largest absolute Gasteiger partial charge is 0.462 e. The van der Waals surface area contributed by atoms with E-state index in [9.17, 15) is 14.4 Å². The van der Waals surface area contributed by atoms with Crippen LogP contribution >= 0.6 is 0 Å². The van der Waals surface area contributed by atoms with E-state index in [2.05, 4.69) is 106 Å². The minimum absolute atomic E-state index is 0.0834. The summed E-state index contributed by atoms with van der Waals surface area (Å²) in [7, 11) is 0. The van der Waals surface area contributed by atoms with Crippen molar-refractivity contribution < 1.29 is 28.6 Å². The van der Waals surface area contributed by atoms with Crippen molar-refractivity contribution in [1.82, 2.24) is 0 Å². The molecule has 0 N–H and O–H groups in total. The molecule has 0 radical (unpaired) electrons. The summed E-state index contributed by atoms with van der Waals surface area (Å²) >= 11 is 0. The highest BCUT2D eigenvalue weighted by Crippen LogP contribution is 2.17. The predicted octanol–water partition coefficient (Wildman–Crippen LogP) is 22.7. The molecule has 0 saturated heterocycles. The Kier molecular flexibility index (Phi) is 62.2. The molecule has 1 atom stereocenters. The van der Waals surface area contributed by atoms with Gasteiger partial charge >= 0.3 is 17.9 Å².